The number of hydrogen-bond acceptors (Lipinski definition) is 6. The zero-order valence-electron chi connectivity index (χ0n) is 11.7. The Kier molecular flexibility index (Phi) is 3.85. The molecule has 0 amide bonds. The van der Waals surface area contributed by atoms with Crippen LogP contribution in [0.1, 0.15) is 30.0 Å². The van der Waals surface area contributed by atoms with Crippen molar-refractivity contribution in [2.24, 2.45) is 12.8 Å². The summed E-state index contributed by atoms with van der Waals surface area (Å²) in [6, 6.07) is -0.230. The maximum atomic E-state index is 12.4. The van der Waals surface area contributed by atoms with Crippen molar-refractivity contribution in [3.63, 3.8) is 0 Å². The van der Waals surface area contributed by atoms with Crippen LogP contribution in [-0.4, -0.2) is 23.2 Å². The van der Waals surface area contributed by atoms with Crippen LogP contribution in [0.2, 0.25) is 0 Å². The Morgan fingerprint density at radius 3 is 2.55 bits per heavy atom. The molecule has 0 spiro atoms. The third-order valence-corrected chi connectivity index (χ3v) is 5.42. The van der Waals surface area contributed by atoms with Gasteiger partial charge in [0.05, 0.1) is 17.1 Å². The molecule has 1 unspecified atom stereocenters. The number of nitrogens with one attached hydrogen (secondary N) is 1. The van der Waals surface area contributed by atoms with Crippen LogP contribution in [0.25, 0.3) is 0 Å². The summed E-state index contributed by atoms with van der Waals surface area (Å²) < 4.78 is 28.8. The van der Waals surface area contributed by atoms with E-state index in [9.17, 15) is 8.42 Å². The third-order valence-electron chi connectivity index (χ3n) is 2.92. The number of nitrogens with zero attached hydrogens (tertiary/aromatic N) is 3. The van der Waals surface area contributed by atoms with Crippen LogP contribution < -0.4 is 10.5 Å². The van der Waals surface area contributed by atoms with Crippen molar-refractivity contribution in [3.05, 3.63) is 22.5 Å². The molecule has 9 heteroatoms. The summed E-state index contributed by atoms with van der Waals surface area (Å²) in [5.74, 6) is 0. The van der Waals surface area contributed by atoms with E-state index < -0.39 is 10.0 Å². The van der Waals surface area contributed by atoms with Gasteiger partial charge in [-0.15, -0.1) is 11.3 Å². The molecule has 0 aliphatic rings. The topological polar surface area (TPSA) is 103 Å². The van der Waals surface area contributed by atoms with E-state index in [0.717, 1.165) is 0 Å². The molecule has 1 atom stereocenters. The first-order valence-electron chi connectivity index (χ1n) is 5.96. The second-order valence-corrected chi connectivity index (χ2v) is 7.07. The number of nitrogens with two attached hydrogens (primary N) is 1. The normalized spacial score (nSPS) is 13.4. The molecule has 0 aliphatic heterocycles. The molecule has 0 fully saturated rings. The molecule has 20 heavy (non-hydrogen) atoms. The summed E-state index contributed by atoms with van der Waals surface area (Å²) >= 11 is 1.21. The fourth-order valence-corrected chi connectivity index (χ4v) is 4.36. The van der Waals surface area contributed by atoms with Gasteiger partial charge in [0.25, 0.3) is 10.0 Å². The predicted molar refractivity (Wildman–Crippen MR) is 78.2 cm³/mol. The number of aryl methyl sites for hydroxylation is 2. The quantitative estimate of drug-likeness (QED) is 0.885. The van der Waals surface area contributed by atoms with Gasteiger partial charge >= 0.3 is 0 Å². The first-order valence-corrected chi connectivity index (χ1v) is 8.32. The van der Waals surface area contributed by atoms with E-state index in [4.69, 9.17) is 5.73 Å². The van der Waals surface area contributed by atoms with Crippen LogP contribution in [-0.2, 0) is 17.1 Å². The fourth-order valence-electron chi connectivity index (χ4n) is 1.85. The molecule has 0 aliphatic carbocycles. The highest BCUT2D eigenvalue weighted by Gasteiger charge is 2.24. The Morgan fingerprint density at radius 2 is 2.10 bits per heavy atom. The van der Waals surface area contributed by atoms with Crippen molar-refractivity contribution >= 4 is 26.5 Å². The van der Waals surface area contributed by atoms with Gasteiger partial charge in [0.15, 0.2) is 5.13 Å². The standard InChI is InChI=1S/C11H17N5O2S2/c1-6(12)9-5-19-11(13-9)15-20(17,18)10-7(2)14-16(4)8(10)3/h5-6H,12H2,1-4H3,(H,13,15). The van der Waals surface area contributed by atoms with Crippen molar-refractivity contribution in [3.8, 4) is 0 Å². The number of rotatable bonds is 4. The smallest absolute Gasteiger partial charge is 0.267 e. The van der Waals surface area contributed by atoms with Gasteiger partial charge < -0.3 is 5.73 Å². The molecular formula is C11H17N5O2S2. The largest absolute Gasteiger partial charge is 0.323 e. The lowest BCUT2D eigenvalue weighted by atomic mass is 10.3. The minimum absolute atomic E-state index is 0.192. The molecule has 2 rings (SSSR count). The third kappa shape index (κ3) is 2.69. The van der Waals surface area contributed by atoms with E-state index in [1.807, 2.05) is 0 Å². The fraction of sp³-hybridized carbons (Fsp3) is 0.455. The summed E-state index contributed by atoms with van der Waals surface area (Å²) in [5, 5.41) is 6.16. The molecule has 3 N–H and O–H groups in total. The highest BCUT2D eigenvalue weighted by molar-refractivity contribution is 7.93. The molecule has 2 aromatic heterocycles. The van der Waals surface area contributed by atoms with E-state index in [1.54, 1.807) is 37.9 Å². The SMILES string of the molecule is Cc1nn(C)c(C)c1S(=O)(=O)Nc1nc(C(C)N)cs1. The molecule has 0 saturated heterocycles. The minimum atomic E-state index is -3.69. The van der Waals surface area contributed by atoms with Crippen molar-refractivity contribution in [1.29, 1.82) is 0 Å². The number of thiazole rings is 1. The highest BCUT2D eigenvalue weighted by atomic mass is 32.2. The van der Waals surface area contributed by atoms with Crippen LogP contribution in [0.3, 0.4) is 0 Å². The number of aromatic nitrogens is 3. The van der Waals surface area contributed by atoms with Crippen molar-refractivity contribution in [1.82, 2.24) is 14.8 Å². The summed E-state index contributed by atoms with van der Waals surface area (Å²) in [5.41, 5.74) is 7.41. The van der Waals surface area contributed by atoms with Crippen molar-refractivity contribution in [2.45, 2.75) is 31.7 Å². The van der Waals surface area contributed by atoms with E-state index in [1.165, 1.54) is 11.3 Å². The maximum absolute atomic E-state index is 12.4. The first kappa shape index (κ1) is 14.9. The second-order valence-electron chi connectivity index (χ2n) is 4.60. The zero-order chi connectivity index (χ0) is 15.1. The first-order chi connectivity index (χ1) is 9.22. The molecule has 0 saturated carbocycles. The van der Waals surface area contributed by atoms with E-state index in [2.05, 4.69) is 14.8 Å². The second kappa shape index (κ2) is 5.15. The van der Waals surface area contributed by atoms with Gasteiger partial charge in [-0.2, -0.15) is 5.10 Å². The van der Waals surface area contributed by atoms with E-state index in [-0.39, 0.29) is 10.9 Å². The predicted octanol–water partition coefficient (Wildman–Crippen LogP) is 1.31. The number of hydrogen-bond donors (Lipinski definition) is 2. The average Bonchev–Trinajstić information content (AvgIpc) is 2.84. The van der Waals surface area contributed by atoms with Crippen LogP contribution in [0, 0.1) is 13.8 Å². The van der Waals surface area contributed by atoms with Crippen LogP contribution in [0.4, 0.5) is 5.13 Å². The van der Waals surface area contributed by atoms with Gasteiger partial charge in [0, 0.05) is 18.5 Å². The molecule has 0 aromatic carbocycles. The molecule has 110 valence electrons. The van der Waals surface area contributed by atoms with Gasteiger partial charge in [-0.1, -0.05) is 0 Å². The van der Waals surface area contributed by atoms with Crippen LogP contribution in [0.15, 0.2) is 10.3 Å². The van der Waals surface area contributed by atoms with Gasteiger partial charge in [-0.25, -0.2) is 13.4 Å². The lowest BCUT2D eigenvalue weighted by molar-refractivity contribution is 0.599. The molecule has 0 radical (unpaired) electrons. The van der Waals surface area contributed by atoms with Gasteiger partial charge in [0.2, 0.25) is 0 Å². The Hall–Kier alpha value is -1.45. The van der Waals surface area contributed by atoms with E-state index in [0.29, 0.717) is 22.2 Å². The average molecular weight is 315 g/mol. The maximum Gasteiger partial charge on any atom is 0.267 e. The van der Waals surface area contributed by atoms with Crippen LogP contribution in [0.5, 0.6) is 0 Å². The lowest BCUT2D eigenvalue weighted by Gasteiger charge is -2.05. The Morgan fingerprint density at radius 1 is 1.45 bits per heavy atom. The molecule has 2 aromatic rings. The molecular weight excluding hydrogens is 298 g/mol. The summed E-state index contributed by atoms with van der Waals surface area (Å²) in [4.78, 5) is 4.35. The Bertz CT molecular complexity index is 730. The monoisotopic (exact) mass is 315 g/mol. The number of anilines is 1. The zero-order valence-corrected chi connectivity index (χ0v) is 13.3. The lowest BCUT2D eigenvalue weighted by Crippen LogP contribution is -2.15. The minimum Gasteiger partial charge on any atom is -0.323 e. The van der Waals surface area contributed by atoms with Crippen molar-refractivity contribution in [2.75, 3.05) is 4.72 Å². The molecule has 7 nitrogen and oxygen atoms in total. The van der Waals surface area contributed by atoms with Crippen LogP contribution >= 0.6 is 11.3 Å². The molecule has 2 heterocycles. The Labute approximate surface area is 121 Å². The van der Waals surface area contributed by atoms with Crippen molar-refractivity contribution < 1.29 is 8.42 Å². The summed E-state index contributed by atoms with van der Waals surface area (Å²) in [6.07, 6.45) is 0. The van der Waals surface area contributed by atoms with Gasteiger partial charge in [-0.3, -0.25) is 9.40 Å². The van der Waals surface area contributed by atoms with Gasteiger partial charge in [-0.05, 0) is 20.8 Å². The summed E-state index contributed by atoms with van der Waals surface area (Å²) in [7, 11) is -1.99. The highest BCUT2D eigenvalue weighted by Crippen LogP contribution is 2.25. The Balaban J connectivity index is 2.35. The summed E-state index contributed by atoms with van der Waals surface area (Å²) in [6.45, 7) is 5.17. The number of sulfonamides is 1. The van der Waals surface area contributed by atoms with Gasteiger partial charge in [0.1, 0.15) is 4.90 Å². The van der Waals surface area contributed by atoms with E-state index >= 15 is 0 Å². The molecule has 0 bridgehead atoms.